The molecular formula is C12H13FN2O6. The van der Waals surface area contributed by atoms with E-state index in [0.29, 0.717) is 4.57 Å². The third kappa shape index (κ3) is 2.09. The number of aliphatic hydroxyl groups excluding tert-OH is 2. The van der Waals surface area contributed by atoms with Crippen molar-refractivity contribution in [2.24, 2.45) is 0 Å². The molecule has 0 bridgehead atoms. The molecule has 1 aliphatic rings. The van der Waals surface area contributed by atoms with Crippen LogP contribution in [0.5, 0.6) is 0 Å². The molecule has 1 fully saturated rings. The summed E-state index contributed by atoms with van der Waals surface area (Å²) in [6, 6.07) is 0.961. The van der Waals surface area contributed by atoms with Crippen molar-refractivity contribution in [3.05, 3.63) is 33.1 Å². The fraction of sp³-hybridized carbons (Fsp3) is 0.500. The van der Waals surface area contributed by atoms with Gasteiger partial charge in [0.05, 0.1) is 6.61 Å². The van der Waals surface area contributed by atoms with E-state index in [-0.39, 0.29) is 0 Å². The van der Waals surface area contributed by atoms with Crippen LogP contribution in [0.2, 0.25) is 0 Å². The summed E-state index contributed by atoms with van der Waals surface area (Å²) < 4.78 is 19.0. The summed E-state index contributed by atoms with van der Waals surface area (Å²) in [5.41, 5.74) is -6.29. The van der Waals surface area contributed by atoms with Crippen LogP contribution in [0, 0.1) is 12.3 Å². The van der Waals surface area contributed by atoms with Gasteiger partial charge in [-0.05, 0) is 0 Å². The number of alkyl halides is 1. The van der Waals surface area contributed by atoms with E-state index in [0.717, 1.165) is 12.3 Å². The van der Waals surface area contributed by atoms with E-state index in [4.69, 9.17) is 11.2 Å². The fourth-order valence-electron chi connectivity index (χ4n) is 2.21. The highest BCUT2D eigenvalue weighted by Crippen LogP contribution is 2.43. The van der Waals surface area contributed by atoms with E-state index in [9.17, 15) is 29.3 Å². The highest BCUT2D eigenvalue weighted by atomic mass is 19.1. The van der Waals surface area contributed by atoms with Gasteiger partial charge in [0, 0.05) is 12.3 Å². The van der Waals surface area contributed by atoms with E-state index in [1.165, 1.54) is 0 Å². The Hall–Kier alpha value is -1.99. The van der Waals surface area contributed by atoms with E-state index < -0.39 is 48.1 Å². The largest absolute Gasteiger partial charge is 0.393 e. The molecule has 0 spiro atoms. The minimum absolute atomic E-state index is 0.696. The summed E-state index contributed by atoms with van der Waals surface area (Å²) in [6.07, 6.45) is 2.49. The zero-order chi connectivity index (χ0) is 15.8. The average molecular weight is 300 g/mol. The number of aromatic nitrogens is 2. The first kappa shape index (κ1) is 15.4. The summed E-state index contributed by atoms with van der Waals surface area (Å²) in [4.78, 5) is 24.7. The second-order valence-corrected chi connectivity index (χ2v) is 4.72. The number of ether oxygens (including phenoxy) is 1. The lowest BCUT2D eigenvalue weighted by Crippen LogP contribution is -2.53. The molecule has 0 aliphatic carbocycles. The lowest BCUT2D eigenvalue weighted by atomic mass is 9.87. The van der Waals surface area contributed by atoms with Gasteiger partial charge in [0.2, 0.25) is 0 Å². The second kappa shape index (κ2) is 5.09. The number of hydrogen-bond donors (Lipinski definition) is 4. The van der Waals surface area contributed by atoms with Crippen LogP contribution in [0.4, 0.5) is 4.39 Å². The normalized spacial score (nSPS) is 35.6. The molecule has 8 nitrogen and oxygen atoms in total. The lowest BCUT2D eigenvalue weighted by molar-refractivity contribution is -0.139. The number of terminal acetylenes is 1. The van der Waals surface area contributed by atoms with Gasteiger partial charge in [-0.1, -0.05) is 5.92 Å². The molecular weight excluding hydrogens is 287 g/mol. The fourth-order valence-corrected chi connectivity index (χ4v) is 2.21. The predicted octanol–water partition coefficient (Wildman–Crippen LogP) is -2.51. The van der Waals surface area contributed by atoms with Gasteiger partial charge >= 0.3 is 5.69 Å². The van der Waals surface area contributed by atoms with Gasteiger partial charge < -0.3 is 20.1 Å². The van der Waals surface area contributed by atoms with Gasteiger partial charge in [0.15, 0.2) is 17.4 Å². The van der Waals surface area contributed by atoms with Crippen LogP contribution in [0.1, 0.15) is 6.23 Å². The molecule has 0 unspecified atom stereocenters. The van der Waals surface area contributed by atoms with Gasteiger partial charge in [-0.15, -0.1) is 6.42 Å². The maximum absolute atomic E-state index is 13.2. The Bertz CT molecular complexity index is 688. The lowest BCUT2D eigenvalue weighted by Gasteiger charge is -2.28. The van der Waals surface area contributed by atoms with Crippen LogP contribution in [0.3, 0.4) is 0 Å². The monoisotopic (exact) mass is 300 g/mol. The molecule has 9 heteroatoms. The van der Waals surface area contributed by atoms with Crippen molar-refractivity contribution >= 4 is 0 Å². The highest BCUT2D eigenvalue weighted by molar-refractivity contribution is 5.23. The predicted molar refractivity (Wildman–Crippen MR) is 67.0 cm³/mol. The van der Waals surface area contributed by atoms with Crippen LogP contribution in [-0.4, -0.2) is 55.5 Å². The standard InChI is InChI=1S/C12H13FN2O6/c1-2-12(20)8(18)11(5-13,6-16)21-9(12)15-4-3-7(17)14-10(15)19/h1,3-4,8-9,16,18,20H,5-6H2,(H,14,17,19)/t8-,9-,11-,12-/m1/s1. The number of halogens is 1. The zero-order valence-electron chi connectivity index (χ0n) is 10.7. The third-order valence-electron chi connectivity index (χ3n) is 3.47. The molecule has 0 saturated carbocycles. The van der Waals surface area contributed by atoms with Crippen LogP contribution < -0.4 is 11.2 Å². The number of nitrogens with one attached hydrogen (secondary N) is 1. The van der Waals surface area contributed by atoms with Gasteiger partial charge in [-0.25, -0.2) is 9.18 Å². The van der Waals surface area contributed by atoms with Crippen molar-refractivity contribution in [2.75, 3.05) is 13.3 Å². The molecule has 1 aromatic heterocycles. The molecule has 4 atom stereocenters. The molecule has 4 N–H and O–H groups in total. The molecule has 2 heterocycles. The summed E-state index contributed by atoms with van der Waals surface area (Å²) in [7, 11) is 0. The maximum atomic E-state index is 13.2. The molecule has 114 valence electrons. The molecule has 0 amide bonds. The Morgan fingerprint density at radius 1 is 1.57 bits per heavy atom. The Kier molecular flexibility index (Phi) is 3.73. The zero-order valence-corrected chi connectivity index (χ0v) is 10.7. The van der Waals surface area contributed by atoms with Crippen molar-refractivity contribution < 1.29 is 24.4 Å². The summed E-state index contributed by atoms with van der Waals surface area (Å²) in [6.45, 7) is -2.31. The third-order valence-corrected chi connectivity index (χ3v) is 3.47. The highest BCUT2D eigenvalue weighted by Gasteiger charge is 2.63. The van der Waals surface area contributed by atoms with Gasteiger partial charge in [0.25, 0.3) is 5.56 Å². The Morgan fingerprint density at radius 3 is 2.71 bits per heavy atom. The number of rotatable bonds is 3. The molecule has 0 radical (unpaired) electrons. The number of H-pyrrole nitrogens is 1. The van der Waals surface area contributed by atoms with E-state index in [2.05, 4.69) is 0 Å². The van der Waals surface area contributed by atoms with Crippen molar-refractivity contribution in [1.29, 1.82) is 0 Å². The summed E-state index contributed by atoms with van der Waals surface area (Å²) in [5, 5.41) is 29.6. The molecule has 0 aromatic carbocycles. The molecule has 2 rings (SSSR count). The molecule has 1 saturated heterocycles. The van der Waals surface area contributed by atoms with E-state index in [1.54, 1.807) is 0 Å². The minimum Gasteiger partial charge on any atom is -0.393 e. The summed E-state index contributed by atoms with van der Waals surface area (Å²) >= 11 is 0. The average Bonchev–Trinajstić information content (AvgIpc) is 2.70. The van der Waals surface area contributed by atoms with Crippen LogP contribution in [0.15, 0.2) is 21.9 Å². The first-order chi connectivity index (χ1) is 9.84. The van der Waals surface area contributed by atoms with Gasteiger partial charge in [-0.2, -0.15) is 0 Å². The maximum Gasteiger partial charge on any atom is 0.330 e. The Labute approximate surface area is 117 Å². The van der Waals surface area contributed by atoms with Crippen molar-refractivity contribution in [1.82, 2.24) is 9.55 Å². The van der Waals surface area contributed by atoms with Crippen LogP contribution >= 0.6 is 0 Å². The first-order valence-electron chi connectivity index (χ1n) is 5.89. The van der Waals surface area contributed by atoms with Gasteiger partial charge in [-0.3, -0.25) is 14.3 Å². The minimum atomic E-state index is -2.46. The quantitative estimate of drug-likeness (QED) is 0.457. The summed E-state index contributed by atoms with van der Waals surface area (Å²) in [5.74, 6) is 1.85. The topological polar surface area (TPSA) is 125 Å². The number of aliphatic hydroxyl groups is 3. The number of aromatic amines is 1. The van der Waals surface area contributed by atoms with Crippen molar-refractivity contribution in [3.8, 4) is 12.3 Å². The van der Waals surface area contributed by atoms with Gasteiger partial charge in [0.1, 0.15) is 12.8 Å². The van der Waals surface area contributed by atoms with Crippen molar-refractivity contribution in [3.63, 3.8) is 0 Å². The molecule has 1 aromatic rings. The first-order valence-corrected chi connectivity index (χ1v) is 5.89. The SMILES string of the molecule is C#C[C@@]1(O)[C@H](O)[C@](CO)(CF)O[C@H]1n1ccc(=O)[nH]c1=O. The van der Waals surface area contributed by atoms with Crippen LogP contribution in [0.25, 0.3) is 0 Å². The van der Waals surface area contributed by atoms with E-state index in [1.807, 2.05) is 10.9 Å². The van der Waals surface area contributed by atoms with E-state index >= 15 is 0 Å². The second-order valence-electron chi connectivity index (χ2n) is 4.72. The Morgan fingerprint density at radius 2 is 2.24 bits per heavy atom. The smallest absolute Gasteiger partial charge is 0.330 e. The van der Waals surface area contributed by atoms with Crippen LogP contribution in [-0.2, 0) is 4.74 Å². The Balaban J connectivity index is 2.60. The molecule has 1 aliphatic heterocycles. The number of hydrogen-bond acceptors (Lipinski definition) is 6. The van der Waals surface area contributed by atoms with Crippen molar-refractivity contribution in [2.45, 2.75) is 23.5 Å². The molecule has 21 heavy (non-hydrogen) atoms. The number of nitrogens with zero attached hydrogens (tertiary/aromatic N) is 1.